The van der Waals surface area contributed by atoms with E-state index in [9.17, 15) is 14.4 Å². The zero-order valence-electron chi connectivity index (χ0n) is 25.8. The second kappa shape index (κ2) is 21.2. The molecule has 0 heterocycles. The smallest absolute Gasteiger partial charge is 0.409 e. The standard InChI is InChI=1S/C32H44N2O11/c1-34(32(38)45-22-29-27-8-4-2-6-25(27)26-7-3-5-9-28(26)29)11-13-40-15-17-42-19-21-43-20-18-41-16-14-39-12-10-33-30(35)23-44-24-31(36)37/h2-9,29H,10-24H2,1H3,(H,33,35)(H,36,37). The molecule has 13 nitrogen and oxygen atoms in total. The van der Waals surface area contributed by atoms with Gasteiger partial charge in [0.25, 0.3) is 0 Å². The number of nitrogens with one attached hydrogen (secondary N) is 1. The number of ether oxygens (including phenoxy) is 7. The molecule has 0 saturated carbocycles. The maximum Gasteiger partial charge on any atom is 0.409 e. The molecule has 1 aliphatic carbocycles. The normalized spacial score (nSPS) is 12.0. The van der Waals surface area contributed by atoms with Gasteiger partial charge < -0.3 is 48.5 Å². The summed E-state index contributed by atoms with van der Waals surface area (Å²) in [5.74, 6) is -1.50. The number of fused-ring (bicyclic) bond motifs is 3. The van der Waals surface area contributed by atoms with Crippen LogP contribution in [-0.2, 0) is 42.7 Å². The van der Waals surface area contributed by atoms with Crippen molar-refractivity contribution in [2.24, 2.45) is 0 Å². The Morgan fingerprint density at radius 2 is 1.18 bits per heavy atom. The third-order valence-electron chi connectivity index (χ3n) is 6.73. The van der Waals surface area contributed by atoms with Crippen LogP contribution in [-0.4, -0.2) is 134 Å². The molecule has 0 spiro atoms. The molecule has 0 fully saturated rings. The van der Waals surface area contributed by atoms with Crippen LogP contribution in [0.1, 0.15) is 17.0 Å². The van der Waals surface area contributed by atoms with Gasteiger partial charge in [-0.1, -0.05) is 48.5 Å². The number of benzene rings is 2. The minimum absolute atomic E-state index is 0.0284. The van der Waals surface area contributed by atoms with E-state index < -0.39 is 18.5 Å². The summed E-state index contributed by atoms with van der Waals surface area (Å²) in [7, 11) is 1.70. The van der Waals surface area contributed by atoms with Crippen molar-refractivity contribution in [2.75, 3.05) is 106 Å². The van der Waals surface area contributed by atoms with Crippen molar-refractivity contribution in [1.29, 1.82) is 0 Å². The molecule has 45 heavy (non-hydrogen) atoms. The first-order valence-electron chi connectivity index (χ1n) is 15.0. The van der Waals surface area contributed by atoms with Crippen molar-refractivity contribution in [3.63, 3.8) is 0 Å². The monoisotopic (exact) mass is 632 g/mol. The highest BCUT2D eigenvalue weighted by Gasteiger charge is 2.29. The molecular weight excluding hydrogens is 588 g/mol. The highest BCUT2D eigenvalue weighted by atomic mass is 16.6. The van der Waals surface area contributed by atoms with E-state index in [2.05, 4.69) is 34.3 Å². The van der Waals surface area contributed by atoms with Crippen molar-refractivity contribution >= 4 is 18.0 Å². The first-order valence-corrected chi connectivity index (χ1v) is 15.0. The van der Waals surface area contributed by atoms with Crippen LogP contribution >= 0.6 is 0 Å². The maximum atomic E-state index is 12.6. The zero-order chi connectivity index (χ0) is 32.1. The molecule has 2 amide bonds. The Hall–Kier alpha value is -3.59. The number of likely N-dealkylation sites (N-methyl/N-ethyl adjacent to an activating group) is 1. The van der Waals surface area contributed by atoms with Crippen LogP contribution in [0.5, 0.6) is 0 Å². The van der Waals surface area contributed by atoms with Gasteiger partial charge in [0.2, 0.25) is 5.91 Å². The lowest BCUT2D eigenvalue weighted by molar-refractivity contribution is -0.143. The SMILES string of the molecule is CN(CCOCCOCCOCCOCCOCCNC(=O)COCC(=O)O)C(=O)OCC1c2ccccc2-c2ccccc21. The number of carboxylic acid groups (broad SMARTS) is 1. The van der Waals surface area contributed by atoms with E-state index in [1.807, 2.05) is 24.3 Å². The van der Waals surface area contributed by atoms with Gasteiger partial charge in [-0.15, -0.1) is 0 Å². The van der Waals surface area contributed by atoms with E-state index in [0.29, 0.717) is 79.2 Å². The molecule has 2 aromatic rings. The predicted octanol–water partition coefficient (Wildman–Crippen LogP) is 2.17. The number of carbonyl (C=O) groups excluding carboxylic acids is 2. The van der Waals surface area contributed by atoms with Crippen LogP contribution in [0.3, 0.4) is 0 Å². The molecule has 2 aromatic carbocycles. The molecule has 0 saturated heterocycles. The van der Waals surface area contributed by atoms with Gasteiger partial charge in [-0.3, -0.25) is 4.79 Å². The highest BCUT2D eigenvalue weighted by Crippen LogP contribution is 2.44. The summed E-state index contributed by atoms with van der Waals surface area (Å²) in [5.41, 5.74) is 4.75. The van der Waals surface area contributed by atoms with E-state index in [1.54, 1.807) is 7.05 Å². The first-order chi connectivity index (χ1) is 22.0. The molecule has 13 heteroatoms. The van der Waals surface area contributed by atoms with Crippen LogP contribution in [0.15, 0.2) is 48.5 Å². The minimum Gasteiger partial charge on any atom is -0.480 e. The van der Waals surface area contributed by atoms with E-state index in [-0.39, 0.29) is 25.2 Å². The van der Waals surface area contributed by atoms with E-state index in [0.717, 1.165) is 0 Å². The summed E-state index contributed by atoms with van der Waals surface area (Å²) in [5, 5.41) is 11.0. The van der Waals surface area contributed by atoms with Crippen molar-refractivity contribution in [3.05, 3.63) is 59.7 Å². The average Bonchev–Trinajstić information content (AvgIpc) is 3.36. The molecule has 248 valence electrons. The number of hydrogen-bond acceptors (Lipinski definition) is 10. The minimum atomic E-state index is -1.13. The number of rotatable bonds is 24. The summed E-state index contributed by atoms with van der Waals surface area (Å²) < 4.78 is 37.6. The van der Waals surface area contributed by atoms with Gasteiger partial charge in [0.1, 0.15) is 19.8 Å². The third kappa shape index (κ3) is 13.5. The number of carboxylic acids is 1. The topological polar surface area (TPSA) is 151 Å². The van der Waals surface area contributed by atoms with Crippen molar-refractivity contribution in [2.45, 2.75) is 5.92 Å². The van der Waals surface area contributed by atoms with Gasteiger partial charge in [0.05, 0.1) is 66.1 Å². The Kier molecular flexibility index (Phi) is 16.9. The number of amides is 2. The van der Waals surface area contributed by atoms with Gasteiger partial charge in [-0.05, 0) is 22.3 Å². The fourth-order valence-corrected chi connectivity index (χ4v) is 4.52. The second-order valence-electron chi connectivity index (χ2n) is 10.0. The van der Waals surface area contributed by atoms with Gasteiger partial charge in [-0.25, -0.2) is 9.59 Å². The fourth-order valence-electron chi connectivity index (χ4n) is 4.52. The zero-order valence-corrected chi connectivity index (χ0v) is 25.8. The number of nitrogens with zero attached hydrogens (tertiary/aromatic N) is 1. The Morgan fingerprint density at radius 1 is 0.689 bits per heavy atom. The molecule has 0 bridgehead atoms. The molecule has 0 unspecified atom stereocenters. The van der Waals surface area contributed by atoms with Gasteiger partial charge >= 0.3 is 12.1 Å². The Labute approximate surface area is 263 Å². The molecule has 0 aromatic heterocycles. The lowest BCUT2D eigenvalue weighted by atomic mass is 9.98. The third-order valence-corrected chi connectivity index (χ3v) is 6.73. The second-order valence-corrected chi connectivity index (χ2v) is 10.0. The molecule has 2 N–H and O–H groups in total. The molecule has 1 aliphatic rings. The summed E-state index contributed by atoms with van der Waals surface area (Å²) in [6.45, 7) is 4.14. The van der Waals surface area contributed by atoms with E-state index in [4.69, 9.17) is 33.5 Å². The van der Waals surface area contributed by atoms with Crippen molar-refractivity contribution in [1.82, 2.24) is 10.2 Å². The average molecular weight is 633 g/mol. The number of carbonyl (C=O) groups is 3. The Bertz CT molecular complexity index is 1130. The van der Waals surface area contributed by atoms with Crippen LogP contribution in [0.4, 0.5) is 4.79 Å². The summed E-state index contributed by atoms with van der Waals surface area (Å²) in [6.07, 6.45) is -0.380. The Balaban J connectivity index is 1.07. The fraction of sp³-hybridized carbons (Fsp3) is 0.531. The maximum absolute atomic E-state index is 12.6. The Morgan fingerprint density at radius 3 is 1.71 bits per heavy atom. The summed E-state index contributed by atoms with van der Waals surface area (Å²) in [6, 6.07) is 16.5. The summed E-state index contributed by atoms with van der Waals surface area (Å²) >= 11 is 0. The quantitative estimate of drug-likeness (QED) is 0.164. The first kappa shape index (κ1) is 35.9. The summed E-state index contributed by atoms with van der Waals surface area (Å²) in [4.78, 5) is 35.7. The number of aliphatic carboxylic acids is 1. The lowest BCUT2D eigenvalue weighted by Crippen LogP contribution is -2.32. The number of hydrogen-bond donors (Lipinski definition) is 2. The molecule has 3 rings (SSSR count). The molecule has 0 atom stereocenters. The van der Waals surface area contributed by atoms with Gasteiger partial charge in [0.15, 0.2) is 0 Å². The highest BCUT2D eigenvalue weighted by molar-refractivity contribution is 5.79. The van der Waals surface area contributed by atoms with Crippen molar-refractivity contribution in [3.8, 4) is 11.1 Å². The lowest BCUT2D eigenvalue weighted by Gasteiger charge is -2.19. The molecular formula is C32H44N2O11. The van der Waals surface area contributed by atoms with Crippen LogP contribution < -0.4 is 5.32 Å². The predicted molar refractivity (Wildman–Crippen MR) is 163 cm³/mol. The molecule has 0 aliphatic heterocycles. The van der Waals surface area contributed by atoms with Crippen LogP contribution in [0.2, 0.25) is 0 Å². The van der Waals surface area contributed by atoms with E-state index in [1.165, 1.54) is 27.2 Å². The van der Waals surface area contributed by atoms with Crippen LogP contribution in [0, 0.1) is 0 Å². The van der Waals surface area contributed by atoms with Crippen LogP contribution in [0.25, 0.3) is 11.1 Å². The van der Waals surface area contributed by atoms with Gasteiger partial charge in [0, 0.05) is 26.1 Å². The van der Waals surface area contributed by atoms with Crippen molar-refractivity contribution < 1.29 is 52.6 Å². The van der Waals surface area contributed by atoms with E-state index >= 15 is 0 Å². The van der Waals surface area contributed by atoms with Gasteiger partial charge in [-0.2, -0.15) is 0 Å². The molecule has 0 radical (unpaired) electrons. The largest absolute Gasteiger partial charge is 0.480 e.